The Morgan fingerprint density at radius 3 is 2.64 bits per heavy atom. The molecule has 1 aromatic carbocycles. The zero-order valence-electron chi connectivity index (χ0n) is 17.4. The van der Waals surface area contributed by atoms with Gasteiger partial charge in [0.15, 0.2) is 6.61 Å². The van der Waals surface area contributed by atoms with Crippen molar-refractivity contribution < 1.29 is 19.1 Å². The number of hydrogen-bond acceptors (Lipinski definition) is 4. The minimum absolute atomic E-state index is 0.0221. The number of fused-ring (bicyclic) bond motifs is 1. The Hall–Kier alpha value is -2.24. The van der Waals surface area contributed by atoms with Gasteiger partial charge in [-0.1, -0.05) is 33.3 Å². The fourth-order valence-corrected chi connectivity index (χ4v) is 4.38. The molecule has 0 bridgehead atoms. The number of carbonyl (C=O) groups excluding carboxylic acids is 2. The molecule has 0 spiro atoms. The van der Waals surface area contributed by atoms with Crippen molar-refractivity contribution in [1.29, 1.82) is 0 Å². The number of ether oxygens (including phenoxy) is 2. The van der Waals surface area contributed by atoms with Gasteiger partial charge in [0, 0.05) is 36.5 Å². The second-order valence-electron chi connectivity index (χ2n) is 8.96. The van der Waals surface area contributed by atoms with E-state index in [0.29, 0.717) is 23.3 Å². The summed E-state index contributed by atoms with van der Waals surface area (Å²) in [5.74, 6) is 2.20. The van der Waals surface area contributed by atoms with E-state index in [2.05, 4.69) is 5.32 Å². The number of carbonyl (C=O) groups is 2. The van der Waals surface area contributed by atoms with Crippen LogP contribution >= 0.6 is 0 Å². The molecule has 0 radical (unpaired) electrons. The molecule has 3 rings (SSSR count). The molecule has 28 heavy (non-hydrogen) atoms. The van der Waals surface area contributed by atoms with Crippen LogP contribution in [0.25, 0.3) is 0 Å². The molecule has 1 aliphatic heterocycles. The summed E-state index contributed by atoms with van der Waals surface area (Å²) in [5.41, 5.74) is -0.364. The maximum Gasteiger partial charge on any atom is 0.258 e. The highest BCUT2D eigenvalue weighted by Gasteiger charge is 2.43. The standard InChI is InChI=1S/C22H32N2O4/c1-22(2,3)21(26)24-12-15-7-5-10-19(18(15)13-24)23-20(25)14-28-17-9-6-8-16(11-17)27-4/h6,8-9,11,15,18-19H,5,7,10,12-14H2,1-4H3,(H,23,25)/t15-,18+,19-/m0/s1. The molecule has 3 atom stereocenters. The molecule has 2 fully saturated rings. The van der Waals surface area contributed by atoms with Crippen molar-refractivity contribution in [2.75, 3.05) is 26.8 Å². The Kier molecular flexibility index (Phi) is 6.16. The Bertz CT molecular complexity index is 713. The summed E-state index contributed by atoms with van der Waals surface area (Å²) in [7, 11) is 1.60. The van der Waals surface area contributed by atoms with E-state index in [1.807, 2.05) is 37.8 Å². The molecule has 2 amide bonds. The van der Waals surface area contributed by atoms with Crippen molar-refractivity contribution in [1.82, 2.24) is 10.2 Å². The van der Waals surface area contributed by atoms with E-state index >= 15 is 0 Å². The molecular formula is C22H32N2O4. The van der Waals surface area contributed by atoms with Gasteiger partial charge in [-0.05, 0) is 30.9 Å². The molecule has 0 aromatic heterocycles. The molecule has 1 saturated carbocycles. The molecule has 154 valence electrons. The van der Waals surface area contributed by atoms with Crippen LogP contribution in [-0.4, -0.2) is 49.6 Å². The van der Waals surface area contributed by atoms with Gasteiger partial charge in [0.05, 0.1) is 7.11 Å². The second kappa shape index (κ2) is 8.41. The lowest BCUT2D eigenvalue weighted by molar-refractivity contribution is -0.138. The van der Waals surface area contributed by atoms with Gasteiger partial charge >= 0.3 is 0 Å². The number of rotatable bonds is 5. The summed E-state index contributed by atoms with van der Waals surface area (Å²) in [5, 5.41) is 3.15. The van der Waals surface area contributed by atoms with Crippen LogP contribution in [0.4, 0.5) is 0 Å². The van der Waals surface area contributed by atoms with Gasteiger partial charge in [0.2, 0.25) is 5.91 Å². The van der Waals surface area contributed by atoms with Gasteiger partial charge in [0.1, 0.15) is 11.5 Å². The highest BCUT2D eigenvalue weighted by molar-refractivity contribution is 5.82. The van der Waals surface area contributed by atoms with Crippen LogP contribution in [0.15, 0.2) is 24.3 Å². The van der Waals surface area contributed by atoms with Crippen LogP contribution in [0, 0.1) is 17.3 Å². The van der Waals surface area contributed by atoms with E-state index in [0.717, 1.165) is 32.4 Å². The van der Waals surface area contributed by atoms with Crippen molar-refractivity contribution >= 4 is 11.8 Å². The third-order valence-electron chi connectivity index (χ3n) is 5.78. The first-order chi connectivity index (χ1) is 13.3. The van der Waals surface area contributed by atoms with Crippen molar-refractivity contribution in [3.05, 3.63) is 24.3 Å². The first kappa shape index (κ1) is 20.5. The fraction of sp³-hybridized carbons (Fsp3) is 0.636. The predicted molar refractivity (Wildman–Crippen MR) is 107 cm³/mol. The number of methoxy groups -OCH3 is 1. The first-order valence-corrected chi connectivity index (χ1v) is 10.1. The molecule has 1 aliphatic carbocycles. The molecule has 6 nitrogen and oxygen atoms in total. The molecule has 1 heterocycles. The lowest BCUT2D eigenvalue weighted by Crippen LogP contribution is -2.47. The van der Waals surface area contributed by atoms with Crippen LogP contribution in [-0.2, 0) is 9.59 Å². The Balaban J connectivity index is 1.55. The van der Waals surface area contributed by atoms with Crippen molar-refractivity contribution in [3.8, 4) is 11.5 Å². The lowest BCUT2D eigenvalue weighted by atomic mass is 9.78. The monoisotopic (exact) mass is 388 g/mol. The number of amides is 2. The minimum atomic E-state index is -0.364. The van der Waals surface area contributed by atoms with E-state index in [-0.39, 0.29) is 29.9 Å². The quantitative estimate of drug-likeness (QED) is 0.842. The molecule has 1 aromatic rings. The molecule has 6 heteroatoms. The Morgan fingerprint density at radius 2 is 1.93 bits per heavy atom. The Labute approximate surface area is 167 Å². The number of hydrogen-bond donors (Lipinski definition) is 1. The first-order valence-electron chi connectivity index (χ1n) is 10.1. The molecule has 0 unspecified atom stereocenters. The molecule has 1 saturated heterocycles. The summed E-state index contributed by atoms with van der Waals surface area (Å²) in [6.45, 7) is 7.42. The average Bonchev–Trinajstić information content (AvgIpc) is 3.10. The van der Waals surface area contributed by atoms with Gasteiger partial charge in [-0.25, -0.2) is 0 Å². The van der Waals surface area contributed by atoms with Crippen molar-refractivity contribution in [3.63, 3.8) is 0 Å². The Morgan fingerprint density at radius 1 is 1.18 bits per heavy atom. The molecule has 2 aliphatic rings. The molecule has 1 N–H and O–H groups in total. The number of nitrogens with zero attached hydrogens (tertiary/aromatic N) is 1. The predicted octanol–water partition coefficient (Wildman–Crippen LogP) is 2.86. The topological polar surface area (TPSA) is 67.9 Å². The second-order valence-corrected chi connectivity index (χ2v) is 8.96. The summed E-state index contributed by atoms with van der Waals surface area (Å²) in [6, 6.07) is 7.34. The smallest absolute Gasteiger partial charge is 0.258 e. The van der Waals surface area contributed by atoms with Gasteiger partial charge in [-0.2, -0.15) is 0 Å². The van der Waals surface area contributed by atoms with Crippen molar-refractivity contribution in [2.24, 2.45) is 17.3 Å². The number of benzene rings is 1. The van der Waals surface area contributed by atoms with Gasteiger partial charge in [-0.15, -0.1) is 0 Å². The third kappa shape index (κ3) is 4.78. The maximum atomic E-state index is 12.7. The van der Waals surface area contributed by atoms with E-state index < -0.39 is 0 Å². The highest BCUT2D eigenvalue weighted by Crippen LogP contribution is 2.38. The van der Waals surface area contributed by atoms with Gasteiger partial charge in [0.25, 0.3) is 5.91 Å². The lowest BCUT2D eigenvalue weighted by Gasteiger charge is -2.33. The summed E-state index contributed by atoms with van der Waals surface area (Å²) < 4.78 is 10.8. The van der Waals surface area contributed by atoms with E-state index in [1.165, 1.54) is 0 Å². The summed E-state index contributed by atoms with van der Waals surface area (Å²) in [6.07, 6.45) is 3.18. The summed E-state index contributed by atoms with van der Waals surface area (Å²) in [4.78, 5) is 27.1. The third-order valence-corrected chi connectivity index (χ3v) is 5.78. The fourth-order valence-electron chi connectivity index (χ4n) is 4.38. The highest BCUT2D eigenvalue weighted by atomic mass is 16.5. The van der Waals surface area contributed by atoms with Crippen LogP contribution in [0.3, 0.4) is 0 Å². The van der Waals surface area contributed by atoms with Crippen LogP contribution in [0.1, 0.15) is 40.0 Å². The SMILES string of the molecule is COc1cccc(OCC(=O)N[C@H]2CCC[C@H]3CN(C(=O)C(C)(C)C)C[C@H]32)c1. The largest absolute Gasteiger partial charge is 0.497 e. The number of likely N-dealkylation sites (tertiary alicyclic amines) is 1. The van der Waals surface area contributed by atoms with Crippen LogP contribution < -0.4 is 14.8 Å². The van der Waals surface area contributed by atoms with E-state index in [1.54, 1.807) is 19.2 Å². The molecular weight excluding hydrogens is 356 g/mol. The summed E-state index contributed by atoms with van der Waals surface area (Å²) >= 11 is 0. The maximum absolute atomic E-state index is 12.7. The van der Waals surface area contributed by atoms with Crippen molar-refractivity contribution in [2.45, 2.75) is 46.1 Å². The number of nitrogens with one attached hydrogen (secondary N) is 1. The van der Waals surface area contributed by atoms with E-state index in [9.17, 15) is 9.59 Å². The average molecular weight is 389 g/mol. The zero-order valence-corrected chi connectivity index (χ0v) is 17.4. The van der Waals surface area contributed by atoms with Crippen LogP contribution in [0.2, 0.25) is 0 Å². The van der Waals surface area contributed by atoms with Gasteiger partial charge < -0.3 is 19.7 Å². The van der Waals surface area contributed by atoms with E-state index in [4.69, 9.17) is 9.47 Å². The van der Waals surface area contributed by atoms with Gasteiger partial charge in [-0.3, -0.25) is 9.59 Å². The zero-order chi connectivity index (χ0) is 20.3. The van der Waals surface area contributed by atoms with Crippen LogP contribution in [0.5, 0.6) is 11.5 Å². The normalized spacial score (nSPS) is 24.4. The minimum Gasteiger partial charge on any atom is -0.497 e.